The van der Waals surface area contributed by atoms with Gasteiger partial charge in [0, 0.05) is 32.2 Å². The zero-order valence-corrected chi connectivity index (χ0v) is 10.1. The highest BCUT2D eigenvalue weighted by molar-refractivity contribution is 6.29. The van der Waals surface area contributed by atoms with Gasteiger partial charge in [-0.1, -0.05) is 18.5 Å². The fourth-order valence-electron chi connectivity index (χ4n) is 1.88. The van der Waals surface area contributed by atoms with E-state index < -0.39 is 0 Å². The number of nitrogen functional groups attached to an aromatic ring is 1. The number of hydrogen-bond acceptors (Lipinski definition) is 5. The van der Waals surface area contributed by atoms with Crippen LogP contribution in [-0.2, 0) is 0 Å². The quantitative estimate of drug-likeness (QED) is 0.779. The van der Waals surface area contributed by atoms with E-state index in [2.05, 4.69) is 26.7 Å². The van der Waals surface area contributed by atoms with E-state index in [4.69, 9.17) is 17.3 Å². The van der Waals surface area contributed by atoms with E-state index in [0.717, 1.165) is 38.5 Å². The van der Waals surface area contributed by atoms with E-state index in [1.165, 1.54) is 0 Å². The van der Waals surface area contributed by atoms with Gasteiger partial charge in [0.25, 0.3) is 0 Å². The lowest BCUT2D eigenvalue weighted by Gasteiger charge is -2.34. The van der Waals surface area contributed by atoms with E-state index in [1.807, 2.05) is 0 Å². The monoisotopic (exact) mass is 241 g/mol. The van der Waals surface area contributed by atoms with Crippen molar-refractivity contribution in [3.63, 3.8) is 0 Å². The van der Waals surface area contributed by atoms with Crippen LogP contribution in [0.25, 0.3) is 0 Å². The number of nitrogens with two attached hydrogens (primary N) is 1. The van der Waals surface area contributed by atoms with Crippen LogP contribution in [-0.4, -0.2) is 47.6 Å². The van der Waals surface area contributed by atoms with Crippen LogP contribution in [0, 0.1) is 0 Å². The molecule has 0 saturated carbocycles. The Morgan fingerprint density at radius 2 is 2.00 bits per heavy atom. The minimum Gasteiger partial charge on any atom is -0.368 e. The van der Waals surface area contributed by atoms with Crippen molar-refractivity contribution < 1.29 is 0 Å². The number of hydrogen-bond donors (Lipinski definition) is 1. The molecule has 2 N–H and O–H groups in total. The van der Waals surface area contributed by atoms with Gasteiger partial charge < -0.3 is 15.5 Å². The molecule has 1 fully saturated rings. The Hall–Kier alpha value is -1.07. The van der Waals surface area contributed by atoms with Gasteiger partial charge in [-0.2, -0.15) is 4.98 Å². The average molecular weight is 242 g/mol. The molecule has 0 bridgehead atoms. The Balaban J connectivity index is 2.08. The molecule has 6 heteroatoms. The van der Waals surface area contributed by atoms with Crippen LogP contribution >= 0.6 is 11.6 Å². The Morgan fingerprint density at radius 1 is 1.31 bits per heavy atom. The molecule has 0 radical (unpaired) electrons. The van der Waals surface area contributed by atoms with Crippen molar-refractivity contribution in [3.8, 4) is 0 Å². The largest absolute Gasteiger partial charge is 0.368 e. The van der Waals surface area contributed by atoms with Crippen LogP contribution < -0.4 is 10.6 Å². The number of aromatic nitrogens is 2. The summed E-state index contributed by atoms with van der Waals surface area (Å²) in [6.07, 6.45) is 0. The summed E-state index contributed by atoms with van der Waals surface area (Å²) in [4.78, 5) is 12.6. The molecule has 1 aliphatic rings. The Kier molecular flexibility index (Phi) is 3.46. The van der Waals surface area contributed by atoms with Gasteiger partial charge in [-0.15, -0.1) is 0 Å². The normalized spacial score (nSPS) is 17.8. The van der Waals surface area contributed by atoms with Gasteiger partial charge in [0.15, 0.2) is 0 Å². The first kappa shape index (κ1) is 11.4. The second kappa shape index (κ2) is 4.84. The lowest BCUT2D eigenvalue weighted by atomic mass is 10.3. The first-order chi connectivity index (χ1) is 7.69. The van der Waals surface area contributed by atoms with Crippen molar-refractivity contribution in [3.05, 3.63) is 11.2 Å². The van der Waals surface area contributed by atoms with Crippen molar-refractivity contribution in [2.24, 2.45) is 0 Å². The molecular formula is C10H16ClN5. The van der Waals surface area contributed by atoms with Crippen molar-refractivity contribution in [2.75, 3.05) is 43.4 Å². The summed E-state index contributed by atoms with van der Waals surface area (Å²) >= 11 is 5.86. The van der Waals surface area contributed by atoms with Gasteiger partial charge in [-0.3, -0.25) is 0 Å². The molecule has 1 aromatic rings. The first-order valence-corrected chi connectivity index (χ1v) is 5.84. The van der Waals surface area contributed by atoms with Crippen LogP contribution in [0.3, 0.4) is 0 Å². The molecule has 0 amide bonds. The van der Waals surface area contributed by atoms with Gasteiger partial charge in [0.1, 0.15) is 11.0 Å². The molecule has 5 nitrogen and oxygen atoms in total. The molecule has 0 spiro atoms. The number of likely N-dealkylation sites (N-methyl/N-ethyl adjacent to an activating group) is 1. The van der Waals surface area contributed by atoms with Crippen molar-refractivity contribution in [2.45, 2.75) is 6.92 Å². The average Bonchev–Trinajstić information content (AvgIpc) is 2.28. The third-order valence-corrected chi connectivity index (χ3v) is 3.04. The van der Waals surface area contributed by atoms with E-state index in [1.54, 1.807) is 6.07 Å². The molecule has 0 atom stereocenters. The minimum absolute atomic E-state index is 0.237. The predicted molar refractivity (Wildman–Crippen MR) is 65.8 cm³/mol. The van der Waals surface area contributed by atoms with Crippen molar-refractivity contribution in [1.82, 2.24) is 14.9 Å². The standard InChI is InChI=1S/C10H16ClN5/c1-2-15-3-5-16(6-4-15)9-7-8(11)13-10(12)14-9/h7H,2-6H2,1H3,(H2,12,13,14). The van der Waals surface area contributed by atoms with Gasteiger partial charge in [-0.25, -0.2) is 4.98 Å². The lowest BCUT2D eigenvalue weighted by Crippen LogP contribution is -2.46. The molecule has 0 aliphatic carbocycles. The second-order valence-corrected chi connectivity index (χ2v) is 4.22. The third kappa shape index (κ3) is 2.54. The molecule has 16 heavy (non-hydrogen) atoms. The predicted octanol–water partition coefficient (Wildman–Crippen LogP) is 0.854. The third-order valence-electron chi connectivity index (χ3n) is 2.84. The zero-order chi connectivity index (χ0) is 11.5. The van der Waals surface area contributed by atoms with Gasteiger partial charge in [-0.05, 0) is 6.54 Å². The highest BCUT2D eigenvalue weighted by Crippen LogP contribution is 2.18. The molecule has 1 aliphatic heterocycles. The molecule has 2 rings (SSSR count). The van der Waals surface area contributed by atoms with Crippen molar-refractivity contribution in [1.29, 1.82) is 0 Å². The van der Waals surface area contributed by atoms with E-state index in [-0.39, 0.29) is 5.95 Å². The Morgan fingerprint density at radius 3 is 2.56 bits per heavy atom. The maximum absolute atomic E-state index is 5.86. The van der Waals surface area contributed by atoms with Crippen LogP contribution in [0.4, 0.5) is 11.8 Å². The van der Waals surface area contributed by atoms with Crippen LogP contribution in [0.15, 0.2) is 6.07 Å². The van der Waals surface area contributed by atoms with Gasteiger partial charge in [0.2, 0.25) is 5.95 Å². The molecular weight excluding hydrogens is 226 g/mol. The second-order valence-electron chi connectivity index (χ2n) is 3.83. The minimum atomic E-state index is 0.237. The molecule has 1 saturated heterocycles. The molecule has 1 aromatic heterocycles. The summed E-state index contributed by atoms with van der Waals surface area (Å²) in [5, 5.41) is 0.403. The maximum atomic E-state index is 5.86. The summed E-state index contributed by atoms with van der Waals surface area (Å²) in [7, 11) is 0. The topological polar surface area (TPSA) is 58.3 Å². The maximum Gasteiger partial charge on any atom is 0.223 e. The highest BCUT2D eigenvalue weighted by Gasteiger charge is 2.17. The van der Waals surface area contributed by atoms with Gasteiger partial charge >= 0.3 is 0 Å². The summed E-state index contributed by atoms with van der Waals surface area (Å²) in [6, 6.07) is 1.76. The molecule has 88 valence electrons. The van der Waals surface area contributed by atoms with E-state index in [9.17, 15) is 0 Å². The van der Waals surface area contributed by atoms with Crippen LogP contribution in [0.1, 0.15) is 6.92 Å². The number of nitrogens with zero attached hydrogens (tertiary/aromatic N) is 4. The number of rotatable bonds is 2. The number of halogens is 1. The lowest BCUT2D eigenvalue weighted by molar-refractivity contribution is 0.270. The van der Waals surface area contributed by atoms with Crippen LogP contribution in [0.2, 0.25) is 5.15 Å². The first-order valence-electron chi connectivity index (χ1n) is 5.46. The molecule has 0 aromatic carbocycles. The zero-order valence-electron chi connectivity index (χ0n) is 9.36. The summed E-state index contributed by atoms with van der Waals surface area (Å²) < 4.78 is 0. The smallest absolute Gasteiger partial charge is 0.223 e. The Bertz CT molecular complexity index is 342. The fraction of sp³-hybridized carbons (Fsp3) is 0.600. The molecule has 2 heterocycles. The van der Waals surface area contributed by atoms with E-state index >= 15 is 0 Å². The van der Waals surface area contributed by atoms with Gasteiger partial charge in [0.05, 0.1) is 0 Å². The van der Waals surface area contributed by atoms with E-state index in [0.29, 0.717) is 5.15 Å². The summed E-state index contributed by atoms with van der Waals surface area (Å²) in [5.74, 6) is 1.06. The summed E-state index contributed by atoms with van der Waals surface area (Å²) in [6.45, 7) is 7.30. The van der Waals surface area contributed by atoms with Crippen molar-refractivity contribution >= 4 is 23.4 Å². The van der Waals surface area contributed by atoms with Crippen LogP contribution in [0.5, 0.6) is 0 Å². The Labute approximate surface area is 100 Å². The SMILES string of the molecule is CCN1CCN(c2cc(Cl)nc(N)n2)CC1. The number of anilines is 2. The highest BCUT2D eigenvalue weighted by atomic mass is 35.5. The molecule has 0 unspecified atom stereocenters. The fourth-order valence-corrected chi connectivity index (χ4v) is 2.06. The summed E-state index contributed by atoms with van der Waals surface area (Å²) in [5.41, 5.74) is 5.58. The number of piperazine rings is 1.